The van der Waals surface area contributed by atoms with Gasteiger partial charge in [-0.05, 0) is 74.4 Å². The number of anilines is 1. The molecule has 0 aliphatic carbocycles. The van der Waals surface area contributed by atoms with Gasteiger partial charge in [0.15, 0.2) is 5.82 Å². The summed E-state index contributed by atoms with van der Waals surface area (Å²) in [5.74, 6) is -0.0327. The largest absolute Gasteiger partial charge is 0.461 e. The van der Waals surface area contributed by atoms with Gasteiger partial charge in [0.05, 0.1) is 22.6 Å². The molecule has 3 aromatic carbocycles. The summed E-state index contributed by atoms with van der Waals surface area (Å²) < 4.78 is 23.3. The molecule has 10 heteroatoms. The van der Waals surface area contributed by atoms with Gasteiger partial charge in [-0.2, -0.15) is 9.97 Å². The van der Waals surface area contributed by atoms with E-state index in [4.69, 9.17) is 37.9 Å². The maximum absolute atomic E-state index is 16.9. The molecule has 0 radical (unpaired) electrons. The first-order valence-corrected chi connectivity index (χ1v) is 16.1. The Labute approximate surface area is 265 Å². The SMILES string of the molecule is C=CC(=O)N1CC[C@H]2[C@H]1CN2c1nc(OCC23CCCN2CCC3)nc2c(F)c(-c3cccc4cccc(Cl)c34)c(Cl)cc12. The Morgan fingerprint density at radius 2 is 1.84 bits per heavy atom. The Morgan fingerprint density at radius 3 is 2.61 bits per heavy atom. The fraction of sp³-hybridized carbons (Fsp3) is 0.382. The van der Waals surface area contributed by atoms with Gasteiger partial charge in [0.2, 0.25) is 5.91 Å². The van der Waals surface area contributed by atoms with E-state index >= 15 is 4.39 Å². The highest BCUT2D eigenvalue weighted by Crippen LogP contribution is 2.45. The third kappa shape index (κ3) is 4.21. The number of halogens is 3. The Balaban J connectivity index is 1.25. The summed E-state index contributed by atoms with van der Waals surface area (Å²) in [4.78, 5) is 28.6. The second kappa shape index (κ2) is 10.6. The van der Waals surface area contributed by atoms with Crippen molar-refractivity contribution in [3.05, 3.63) is 71.0 Å². The Kier molecular flexibility index (Phi) is 6.74. The summed E-state index contributed by atoms with van der Waals surface area (Å²) in [7, 11) is 0. The number of amides is 1. The standard InChI is InChI=1S/C34H32Cl2FN5O2/c1-2-27(43)41-16-11-25-26(41)18-42(25)32-22-17-24(36)29(21-9-3-7-20-8-4-10-23(35)28(20)21)30(37)31(22)38-33(39-32)44-19-34-12-5-14-40(34)15-6-13-34/h2-4,7-10,17,25-26H,1,5-6,11-16,18-19H2/t25-,26+/m0/s1. The van der Waals surface area contributed by atoms with Crippen LogP contribution in [0.2, 0.25) is 10.0 Å². The van der Waals surface area contributed by atoms with Crippen LogP contribution >= 0.6 is 23.2 Å². The number of carbonyl (C=O) groups excluding carboxylic acids is 1. The number of nitrogens with zero attached hydrogens (tertiary/aromatic N) is 5. The third-order valence-electron chi connectivity index (χ3n) is 10.3. The van der Waals surface area contributed by atoms with E-state index in [1.807, 2.05) is 35.2 Å². The second-order valence-electron chi connectivity index (χ2n) is 12.4. The normalized spacial score (nSPS) is 22.3. The van der Waals surface area contributed by atoms with E-state index in [1.54, 1.807) is 12.1 Å². The summed E-state index contributed by atoms with van der Waals surface area (Å²) >= 11 is 13.6. The number of aromatic nitrogens is 2. The quantitative estimate of drug-likeness (QED) is 0.216. The van der Waals surface area contributed by atoms with Crippen molar-refractivity contribution in [1.29, 1.82) is 0 Å². The average Bonchev–Trinajstić information content (AvgIpc) is 3.69. The zero-order valence-electron chi connectivity index (χ0n) is 24.2. The molecule has 4 aliphatic heterocycles. The van der Waals surface area contributed by atoms with Crippen LogP contribution in [-0.4, -0.2) is 76.1 Å². The van der Waals surface area contributed by atoms with Crippen molar-refractivity contribution in [2.45, 2.75) is 49.7 Å². The lowest BCUT2D eigenvalue weighted by molar-refractivity contribution is -0.127. The van der Waals surface area contributed by atoms with E-state index < -0.39 is 5.82 Å². The van der Waals surface area contributed by atoms with Crippen LogP contribution < -0.4 is 9.64 Å². The molecular weight excluding hydrogens is 600 g/mol. The lowest BCUT2D eigenvalue weighted by Gasteiger charge is -2.47. The third-order valence-corrected chi connectivity index (χ3v) is 10.9. The minimum Gasteiger partial charge on any atom is -0.461 e. The van der Waals surface area contributed by atoms with Gasteiger partial charge in [-0.3, -0.25) is 9.69 Å². The van der Waals surface area contributed by atoms with Crippen molar-refractivity contribution in [3.63, 3.8) is 0 Å². The van der Waals surface area contributed by atoms with Crippen LogP contribution in [0.5, 0.6) is 6.01 Å². The molecule has 0 saturated carbocycles. The first kappa shape index (κ1) is 28.0. The molecule has 0 unspecified atom stereocenters. The van der Waals surface area contributed by atoms with E-state index in [1.165, 1.54) is 6.08 Å². The van der Waals surface area contributed by atoms with Gasteiger partial charge in [0, 0.05) is 34.4 Å². The molecule has 4 fully saturated rings. The highest BCUT2D eigenvalue weighted by Gasteiger charge is 2.50. The van der Waals surface area contributed by atoms with E-state index in [0.717, 1.165) is 56.0 Å². The average molecular weight is 633 g/mol. The maximum Gasteiger partial charge on any atom is 0.319 e. The van der Waals surface area contributed by atoms with E-state index in [0.29, 0.717) is 41.5 Å². The molecule has 7 nitrogen and oxygen atoms in total. The molecule has 4 saturated heterocycles. The number of ether oxygens (including phenoxy) is 1. The summed E-state index contributed by atoms with van der Waals surface area (Å²) in [6.45, 7) is 7.50. The molecule has 0 bridgehead atoms. The summed E-state index contributed by atoms with van der Waals surface area (Å²) in [5, 5.41) is 2.90. The molecule has 4 aromatic rings. The molecule has 5 heterocycles. The van der Waals surface area contributed by atoms with Crippen molar-refractivity contribution in [2.75, 3.05) is 37.7 Å². The van der Waals surface area contributed by atoms with Crippen LogP contribution in [-0.2, 0) is 4.79 Å². The van der Waals surface area contributed by atoms with Gasteiger partial charge >= 0.3 is 6.01 Å². The number of likely N-dealkylation sites (tertiary alicyclic amines) is 1. The molecule has 0 spiro atoms. The summed E-state index contributed by atoms with van der Waals surface area (Å²) in [6, 6.07) is 13.3. The van der Waals surface area contributed by atoms with Crippen molar-refractivity contribution in [2.24, 2.45) is 0 Å². The zero-order chi connectivity index (χ0) is 30.2. The highest BCUT2D eigenvalue weighted by molar-refractivity contribution is 6.38. The predicted molar refractivity (Wildman–Crippen MR) is 172 cm³/mol. The molecule has 2 atom stereocenters. The van der Waals surface area contributed by atoms with Gasteiger partial charge in [0.1, 0.15) is 17.9 Å². The fourth-order valence-corrected chi connectivity index (χ4v) is 8.69. The molecule has 1 amide bonds. The molecule has 226 valence electrons. The number of benzene rings is 3. The van der Waals surface area contributed by atoms with E-state index in [-0.39, 0.29) is 45.6 Å². The van der Waals surface area contributed by atoms with Crippen molar-refractivity contribution >= 4 is 56.6 Å². The summed E-state index contributed by atoms with van der Waals surface area (Å²) in [6.07, 6.45) is 6.59. The van der Waals surface area contributed by atoms with Gasteiger partial charge < -0.3 is 14.5 Å². The topological polar surface area (TPSA) is 61.8 Å². The van der Waals surface area contributed by atoms with Crippen LogP contribution in [0.4, 0.5) is 10.2 Å². The van der Waals surface area contributed by atoms with Gasteiger partial charge in [-0.25, -0.2) is 4.39 Å². The number of hydrogen-bond acceptors (Lipinski definition) is 6. The molecule has 44 heavy (non-hydrogen) atoms. The lowest BCUT2D eigenvalue weighted by atomic mass is 9.94. The van der Waals surface area contributed by atoms with Crippen molar-refractivity contribution < 1.29 is 13.9 Å². The number of hydrogen-bond donors (Lipinski definition) is 0. The summed E-state index contributed by atoms with van der Waals surface area (Å²) in [5.41, 5.74) is 0.988. The highest BCUT2D eigenvalue weighted by atomic mass is 35.5. The Hall–Kier alpha value is -3.46. The first-order chi connectivity index (χ1) is 21.4. The zero-order valence-corrected chi connectivity index (χ0v) is 25.7. The number of rotatable bonds is 6. The van der Waals surface area contributed by atoms with Crippen LogP contribution in [0.15, 0.2) is 55.1 Å². The van der Waals surface area contributed by atoms with E-state index in [2.05, 4.69) is 16.4 Å². The van der Waals surface area contributed by atoms with Gasteiger partial charge in [-0.1, -0.05) is 60.1 Å². The van der Waals surface area contributed by atoms with Gasteiger partial charge in [-0.15, -0.1) is 0 Å². The molecular formula is C34H32Cl2FN5O2. The number of carbonyl (C=O) groups is 1. The molecule has 4 aliphatic rings. The van der Waals surface area contributed by atoms with Crippen LogP contribution in [0.3, 0.4) is 0 Å². The van der Waals surface area contributed by atoms with E-state index in [9.17, 15) is 4.79 Å². The Bertz CT molecular complexity index is 1840. The predicted octanol–water partition coefficient (Wildman–Crippen LogP) is 6.88. The minimum atomic E-state index is -0.540. The van der Waals surface area contributed by atoms with Gasteiger partial charge in [0.25, 0.3) is 0 Å². The first-order valence-electron chi connectivity index (χ1n) is 15.3. The minimum absolute atomic E-state index is 0.0132. The number of fused-ring (bicyclic) bond motifs is 4. The maximum atomic E-state index is 16.9. The second-order valence-corrected chi connectivity index (χ2v) is 13.2. The van der Waals surface area contributed by atoms with Crippen LogP contribution in [0.25, 0.3) is 32.8 Å². The molecule has 0 N–H and O–H groups in total. The van der Waals surface area contributed by atoms with Crippen LogP contribution in [0.1, 0.15) is 32.1 Å². The lowest BCUT2D eigenvalue weighted by Crippen LogP contribution is -2.63. The fourth-order valence-electron chi connectivity index (χ4n) is 8.11. The Morgan fingerprint density at radius 1 is 1.07 bits per heavy atom. The molecule has 8 rings (SSSR count). The van der Waals surface area contributed by atoms with Crippen molar-refractivity contribution in [3.8, 4) is 17.1 Å². The molecule has 1 aromatic heterocycles. The van der Waals surface area contributed by atoms with Crippen LogP contribution in [0, 0.1) is 5.82 Å². The smallest absolute Gasteiger partial charge is 0.319 e. The monoisotopic (exact) mass is 631 g/mol. The van der Waals surface area contributed by atoms with Crippen molar-refractivity contribution in [1.82, 2.24) is 19.8 Å².